The number of hydrogen-bond acceptors (Lipinski definition) is 1. The maximum absolute atomic E-state index is 11.6. The molecule has 1 atom stereocenters. The SMILES string of the molecule is C=CC(C)C(=O)c1ccc(C)cc1. The van der Waals surface area contributed by atoms with Gasteiger partial charge in [0, 0.05) is 11.5 Å². The molecule has 1 heteroatoms. The number of ketones is 1. The minimum Gasteiger partial charge on any atom is -0.294 e. The summed E-state index contributed by atoms with van der Waals surface area (Å²) in [6.45, 7) is 7.47. The summed E-state index contributed by atoms with van der Waals surface area (Å²) in [5.41, 5.74) is 1.93. The van der Waals surface area contributed by atoms with Gasteiger partial charge in [-0.05, 0) is 6.92 Å². The fourth-order valence-electron chi connectivity index (χ4n) is 1.09. The topological polar surface area (TPSA) is 17.1 Å². The highest BCUT2D eigenvalue weighted by Gasteiger charge is 2.10. The Balaban J connectivity index is 2.89. The Morgan fingerprint density at radius 2 is 1.92 bits per heavy atom. The summed E-state index contributed by atoms with van der Waals surface area (Å²) >= 11 is 0. The van der Waals surface area contributed by atoms with Gasteiger partial charge in [-0.2, -0.15) is 0 Å². The van der Waals surface area contributed by atoms with Crippen molar-refractivity contribution in [2.45, 2.75) is 13.8 Å². The molecule has 0 aliphatic carbocycles. The molecule has 0 aliphatic heterocycles. The molecule has 1 unspecified atom stereocenters. The van der Waals surface area contributed by atoms with Crippen molar-refractivity contribution in [1.82, 2.24) is 0 Å². The van der Waals surface area contributed by atoms with Crippen LogP contribution in [0.2, 0.25) is 0 Å². The Bertz CT molecular complexity index is 308. The lowest BCUT2D eigenvalue weighted by molar-refractivity contribution is 0.0953. The largest absolute Gasteiger partial charge is 0.294 e. The molecule has 0 amide bonds. The van der Waals surface area contributed by atoms with Crippen molar-refractivity contribution >= 4 is 5.78 Å². The fourth-order valence-corrected chi connectivity index (χ4v) is 1.09. The predicted octanol–water partition coefficient (Wildman–Crippen LogP) is 3.00. The molecule has 0 bridgehead atoms. The van der Waals surface area contributed by atoms with Crippen LogP contribution in [0.15, 0.2) is 36.9 Å². The summed E-state index contributed by atoms with van der Waals surface area (Å²) in [6, 6.07) is 7.61. The van der Waals surface area contributed by atoms with E-state index in [1.165, 1.54) is 5.56 Å². The first-order valence-electron chi connectivity index (χ1n) is 4.38. The molecular formula is C12H14O. The van der Waals surface area contributed by atoms with Crippen molar-refractivity contribution in [3.8, 4) is 0 Å². The van der Waals surface area contributed by atoms with E-state index in [9.17, 15) is 4.79 Å². The third kappa shape index (κ3) is 2.28. The van der Waals surface area contributed by atoms with Crippen molar-refractivity contribution < 1.29 is 4.79 Å². The zero-order valence-corrected chi connectivity index (χ0v) is 8.08. The third-order valence-corrected chi connectivity index (χ3v) is 2.10. The van der Waals surface area contributed by atoms with Crippen LogP contribution >= 0.6 is 0 Å². The maximum Gasteiger partial charge on any atom is 0.169 e. The first-order chi connectivity index (χ1) is 6.15. The predicted molar refractivity (Wildman–Crippen MR) is 54.9 cm³/mol. The molecule has 0 saturated heterocycles. The van der Waals surface area contributed by atoms with Gasteiger partial charge < -0.3 is 0 Å². The van der Waals surface area contributed by atoms with Crippen molar-refractivity contribution in [2.75, 3.05) is 0 Å². The van der Waals surface area contributed by atoms with Crippen molar-refractivity contribution in [2.24, 2.45) is 5.92 Å². The number of allylic oxidation sites excluding steroid dienone is 1. The summed E-state index contributed by atoms with van der Waals surface area (Å²) in [7, 11) is 0. The van der Waals surface area contributed by atoms with Crippen molar-refractivity contribution in [3.05, 3.63) is 48.0 Å². The number of carbonyl (C=O) groups excluding carboxylic acids is 1. The van der Waals surface area contributed by atoms with Crippen molar-refractivity contribution in [1.29, 1.82) is 0 Å². The van der Waals surface area contributed by atoms with Crippen LogP contribution < -0.4 is 0 Å². The molecular weight excluding hydrogens is 160 g/mol. The van der Waals surface area contributed by atoms with E-state index in [4.69, 9.17) is 0 Å². The smallest absolute Gasteiger partial charge is 0.169 e. The molecule has 0 saturated carbocycles. The van der Waals surface area contributed by atoms with Gasteiger partial charge in [0.2, 0.25) is 0 Å². The standard InChI is InChI=1S/C12H14O/c1-4-10(3)12(13)11-7-5-9(2)6-8-11/h4-8,10H,1H2,2-3H3. The Hall–Kier alpha value is -1.37. The Morgan fingerprint density at radius 1 is 1.38 bits per heavy atom. The lowest BCUT2D eigenvalue weighted by atomic mass is 9.99. The number of rotatable bonds is 3. The molecule has 13 heavy (non-hydrogen) atoms. The van der Waals surface area contributed by atoms with Gasteiger partial charge in [-0.3, -0.25) is 4.79 Å². The zero-order valence-electron chi connectivity index (χ0n) is 8.08. The number of hydrogen-bond donors (Lipinski definition) is 0. The monoisotopic (exact) mass is 174 g/mol. The molecule has 0 fully saturated rings. The van der Waals surface area contributed by atoms with Gasteiger partial charge in [-0.1, -0.05) is 42.8 Å². The second kappa shape index (κ2) is 4.04. The van der Waals surface area contributed by atoms with E-state index in [1.54, 1.807) is 6.08 Å². The van der Waals surface area contributed by atoms with Crippen LogP contribution in [0.3, 0.4) is 0 Å². The summed E-state index contributed by atoms with van der Waals surface area (Å²) in [5.74, 6) is 0.0395. The van der Waals surface area contributed by atoms with Crippen LogP contribution in [0, 0.1) is 12.8 Å². The van der Waals surface area contributed by atoms with E-state index in [1.807, 2.05) is 38.1 Å². The average Bonchev–Trinajstić information content (AvgIpc) is 2.17. The quantitative estimate of drug-likeness (QED) is 0.508. The van der Waals surface area contributed by atoms with Crippen LogP contribution in [0.1, 0.15) is 22.8 Å². The highest BCUT2D eigenvalue weighted by atomic mass is 16.1. The van der Waals surface area contributed by atoms with Crippen LogP contribution in [0.25, 0.3) is 0 Å². The van der Waals surface area contributed by atoms with Crippen LogP contribution in [-0.2, 0) is 0 Å². The minimum absolute atomic E-state index is 0.0947. The molecule has 0 heterocycles. The van der Waals surface area contributed by atoms with Gasteiger partial charge in [-0.25, -0.2) is 0 Å². The molecule has 0 N–H and O–H groups in total. The maximum atomic E-state index is 11.6. The summed E-state index contributed by atoms with van der Waals surface area (Å²) in [5, 5.41) is 0. The average molecular weight is 174 g/mol. The highest BCUT2D eigenvalue weighted by Crippen LogP contribution is 2.10. The molecule has 1 rings (SSSR count). The Labute approximate surface area is 79.1 Å². The fraction of sp³-hybridized carbons (Fsp3) is 0.250. The van der Waals surface area contributed by atoms with Crippen molar-refractivity contribution in [3.63, 3.8) is 0 Å². The number of carbonyl (C=O) groups is 1. The van der Waals surface area contributed by atoms with Crippen LogP contribution in [0.4, 0.5) is 0 Å². The number of aryl methyl sites for hydroxylation is 1. The number of benzene rings is 1. The van der Waals surface area contributed by atoms with Gasteiger partial charge in [0.1, 0.15) is 0 Å². The second-order valence-corrected chi connectivity index (χ2v) is 3.25. The summed E-state index contributed by atoms with van der Waals surface area (Å²) < 4.78 is 0. The van der Waals surface area contributed by atoms with E-state index >= 15 is 0 Å². The van der Waals surface area contributed by atoms with E-state index < -0.39 is 0 Å². The van der Waals surface area contributed by atoms with Gasteiger partial charge in [0.05, 0.1) is 0 Å². The lowest BCUT2D eigenvalue weighted by Gasteiger charge is -2.04. The Kier molecular flexibility index (Phi) is 3.02. The molecule has 1 nitrogen and oxygen atoms in total. The molecule has 0 aromatic heterocycles. The van der Waals surface area contributed by atoms with Gasteiger partial charge >= 0.3 is 0 Å². The number of Topliss-reactive ketones (excluding diaryl/α,β-unsaturated/α-hetero) is 1. The first kappa shape index (κ1) is 9.72. The Morgan fingerprint density at radius 3 is 2.38 bits per heavy atom. The first-order valence-corrected chi connectivity index (χ1v) is 4.38. The van der Waals surface area contributed by atoms with E-state index in [0.29, 0.717) is 0 Å². The third-order valence-electron chi connectivity index (χ3n) is 2.10. The van der Waals surface area contributed by atoms with Crippen LogP contribution in [-0.4, -0.2) is 5.78 Å². The minimum atomic E-state index is -0.0947. The lowest BCUT2D eigenvalue weighted by Crippen LogP contribution is -2.08. The van der Waals surface area contributed by atoms with Gasteiger partial charge in [0.15, 0.2) is 5.78 Å². The molecule has 0 aliphatic rings. The summed E-state index contributed by atoms with van der Waals surface area (Å²) in [4.78, 5) is 11.6. The molecule has 1 aromatic rings. The zero-order chi connectivity index (χ0) is 9.84. The van der Waals surface area contributed by atoms with Gasteiger partial charge in [-0.15, -0.1) is 6.58 Å². The van der Waals surface area contributed by atoms with E-state index in [0.717, 1.165) is 5.56 Å². The second-order valence-electron chi connectivity index (χ2n) is 3.25. The molecule has 1 aromatic carbocycles. The van der Waals surface area contributed by atoms with Gasteiger partial charge in [0.25, 0.3) is 0 Å². The van der Waals surface area contributed by atoms with Crippen LogP contribution in [0.5, 0.6) is 0 Å². The van der Waals surface area contributed by atoms with E-state index in [-0.39, 0.29) is 11.7 Å². The molecule has 0 radical (unpaired) electrons. The molecule has 0 spiro atoms. The molecule has 68 valence electrons. The highest BCUT2D eigenvalue weighted by molar-refractivity contribution is 5.98. The van der Waals surface area contributed by atoms with E-state index in [2.05, 4.69) is 6.58 Å². The summed E-state index contributed by atoms with van der Waals surface area (Å²) in [6.07, 6.45) is 1.67. The normalized spacial score (nSPS) is 12.2.